The molecular formula is C14H15NO2. The van der Waals surface area contributed by atoms with E-state index in [1.54, 1.807) is 18.4 Å². The topological polar surface area (TPSA) is 42.2 Å². The van der Waals surface area contributed by atoms with Gasteiger partial charge in [-0.05, 0) is 37.6 Å². The van der Waals surface area contributed by atoms with Gasteiger partial charge in [0.05, 0.1) is 12.7 Å². The Morgan fingerprint density at radius 3 is 2.76 bits per heavy atom. The number of amides is 1. The van der Waals surface area contributed by atoms with Crippen LogP contribution in [0.15, 0.2) is 41.0 Å². The van der Waals surface area contributed by atoms with Crippen molar-refractivity contribution in [3.8, 4) is 0 Å². The smallest absolute Gasteiger partial charge is 0.232 e. The van der Waals surface area contributed by atoms with Crippen molar-refractivity contribution in [1.29, 1.82) is 0 Å². The number of anilines is 1. The Balaban J connectivity index is 2.03. The van der Waals surface area contributed by atoms with Gasteiger partial charge in [-0.25, -0.2) is 0 Å². The van der Waals surface area contributed by atoms with Crippen LogP contribution in [-0.4, -0.2) is 5.91 Å². The molecule has 0 aliphatic carbocycles. The molecule has 1 N–H and O–H groups in total. The van der Waals surface area contributed by atoms with Crippen LogP contribution in [0.3, 0.4) is 0 Å². The largest absolute Gasteiger partial charge is 0.469 e. The number of rotatable bonds is 3. The number of furan rings is 1. The van der Waals surface area contributed by atoms with Crippen LogP contribution in [-0.2, 0) is 11.2 Å². The molecule has 0 saturated carbocycles. The Hall–Kier alpha value is -2.03. The molecule has 1 aromatic heterocycles. The predicted molar refractivity (Wildman–Crippen MR) is 67.0 cm³/mol. The minimum atomic E-state index is -0.0631. The van der Waals surface area contributed by atoms with Crippen molar-refractivity contribution in [2.24, 2.45) is 0 Å². The summed E-state index contributed by atoms with van der Waals surface area (Å²) in [6, 6.07) is 9.52. The SMILES string of the molecule is Cc1ccc(NC(=O)Cc2ccco2)c(C)c1. The fourth-order valence-corrected chi connectivity index (χ4v) is 1.72. The lowest BCUT2D eigenvalue weighted by Crippen LogP contribution is -2.14. The zero-order valence-electron chi connectivity index (χ0n) is 9.99. The van der Waals surface area contributed by atoms with Gasteiger partial charge in [0.1, 0.15) is 5.76 Å². The number of hydrogen-bond donors (Lipinski definition) is 1. The Labute approximate surface area is 100 Å². The molecule has 0 spiro atoms. The average molecular weight is 229 g/mol. The molecule has 0 unspecified atom stereocenters. The van der Waals surface area contributed by atoms with E-state index in [9.17, 15) is 4.79 Å². The molecule has 0 aliphatic rings. The molecule has 3 heteroatoms. The Morgan fingerprint density at radius 2 is 2.12 bits per heavy atom. The summed E-state index contributed by atoms with van der Waals surface area (Å²) >= 11 is 0. The van der Waals surface area contributed by atoms with E-state index in [4.69, 9.17) is 4.42 Å². The Kier molecular flexibility index (Phi) is 3.28. The summed E-state index contributed by atoms with van der Waals surface area (Å²) in [5, 5.41) is 2.88. The number of nitrogens with one attached hydrogen (secondary N) is 1. The van der Waals surface area contributed by atoms with Gasteiger partial charge in [-0.2, -0.15) is 0 Å². The molecule has 0 radical (unpaired) electrons. The fraction of sp³-hybridized carbons (Fsp3) is 0.214. The van der Waals surface area contributed by atoms with Crippen molar-refractivity contribution in [3.05, 3.63) is 53.5 Å². The lowest BCUT2D eigenvalue weighted by atomic mass is 10.1. The molecule has 88 valence electrons. The highest BCUT2D eigenvalue weighted by atomic mass is 16.3. The second-order valence-electron chi connectivity index (χ2n) is 4.12. The highest BCUT2D eigenvalue weighted by Gasteiger charge is 2.07. The normalized spacial score (nSPS) is 10.2. The van der Waals surface area contributed by atoms with Crippen LogP contribution in [0.4, 0.5) is 5.69 Å². The standard InChI is InChI=1S/C14H15NO2/c1-10-5-6-13(11(2)8-10)15-14(16)9-12-4-3-7-17-12/h3-8H,9H2,1-2H3,(H,15,16). The molecule has 0 fully saturated rings. The third-order valence-corrected chi connectivity index (χ3v) is 2.57. The third-order valence-electron chi connectivity index (χ3n) is 2.57. The molecule has 2 aromatic rings. The molecule has 0 aliphatic heterocycles. The molecule has 1 aromatic carbocycles. The van der Waals surface area contributed by atoms with Crippen LogP contribution in [0.2, 0.25) is 0 Å². The summed E-state index contributed by atoms with van der Waals surface area (Å²) in [4.78, 5) is 11.7. The molecule has 0 bridgehead atoms. The number of aryl methyl sites for hydroxylation is 2. The van der Waals surface area contributed by atoms with Gasteiger partial charge in [0.2, 0.25) is 5.91 Å². The van der Waals surface area contributed by atoms with Crippen LogP contribution in [0, 0.1) is 13.8 Å². The van der Waals surface area contributed by atoms with Gasteiger partial charge in [0.25, 0.3) is 0 Å². The first-order valence-electron chi connectivity index (χ1n) is 5.54. The lowest BCUT2D eigenvalue weighted by molar-refractivity contribution is -0.115. The van der Waals surface area contributed by atoms with Crippen molar-refractivity contribution >= 4 is 11.6 Å². The summed E-state index contributed by atoms with van der Waals surface area (Å²) in [6.07, 6.45) is 1.83. The summed E-state index contributed by atoms with van der Waals surface area (Å²) < 4.78 is 5.13. The molecule has 1 amide bonds. The van der Waals surface area contributed by atoms with E-state index in [1.165, 1.54) is 5.56 Å². The zero-order chi connectivity index (χ0) is 12.3. The van der Waals surface area contributed by atoms with Crippen molar-refractivity contribution < 1.29 is 9.21 Å². The number of carbonyl (C=O) groups is 1. The van der Waals surface area contributed by atoms with Gasteiger partial charge in [-0.3, -0.25) is 4.79 Å². The first kappa shape index (κ1) is 11.5. The first-order valence-corrected chi connectivity index (χ1v) is 5.54. The lowest BCUT2D eigenvalue weighted by Gasteiger charge is -2.08. The minimum absolute atomic E-state index is 0.0631. The summed E-state index contributed by atoms with van der Waals surface area (Å²) in [7, 11) is 0. The highest BCUT2D eigenvalue weighted by molar-refractivity contribution is 5.92. The van der Waals surface area contributed by atoms with Crippen LogP contribution in [0.1, 0.15) is 16.9 Å². The van der Waals surface area contributed by atoms with Gasteiger partial charge in [0, 0.05) is 5.69 Å². The van der Waals surface area contributed by atoms with E-state index in [1.807, 2.05) is 32.0 Å². The van der Waals surface area contributed by atoms with E-state index < -0.39 is 0 Å². The zero-order valence-corrected chi connectivity index (χ0v) is 9.99. The molecule has 0 atom stereocenters. The van der Waals surface area contributed by atoms with Crippen LogP contribution >= 0.6 is 0 Å². The minimum Gasteiger partial charge on any atom is -0.469 e. The molecule has 2 rings (SSSR count). The Bertz CT molecular complexity index is 515. The average Bonchev–Trinajstić information content (AvgIpc) is 2.75. The molecule has 17 heavy (non-hydrogen) atoms. The molecule has 1 heterocycles. The second kappa shape index (κ2) is 4.87. The van der Waals surface area contributed by atoms with E-state index in [-0.39, 0.29) is 12.3 Å². The fourth-order valence-electron chi connectivity index (χ4n) is 1.72. The van der Waals surface area contributed by atoms with E-state index in [0.29, 0.717) is 5.76 Å². The summed E-state index contributed by atoms with van der Waals surface area (Å²) in [5.74, 6) is 0.610. The number of benzene rings is 1. The van der Waals surface area contributed by atoms with Crippen LogP contribution in [0.5, 0.6) is 0 Å². The Morgan fingerprint density at radius 1 is 1.29 bits per heavy atom. The van der Waals surface area contributed by atoms with E-state index in [0.717, 1.165) is 11.3 Å². The predicted octanol–water partition coefficient (Wildman–Crippen LogP) is 3.08. The maximum absolute atomic E-state index is 11.7. The number of hydrogen-bond acceptors (Lipinski definition) is 2. The number of carbonyl (C=O) groups excluding carboxylic acids is 1. The van der Waals surface area contributed by atoms with Crippen molar-refractivity contribution in [1.82, 2.24) is 0 Å². The van der Waals surface area contributed by atoms with E-state index >= 15 is 0 Å². The highest BCUT2D eigenvalue weighted by Crippen LogP contribution is 2.16. The van der Waals surface area contributed by atoms with Gasteiger partial charge in [0.15, 0.2) is 0 Å². The molecule has 3 nitrogen and oxygen atoms in total. The van der Waals surface area contributed by atoms with E-state index in [2.05, 4.69) is 5.32 Å². The van der Waals surface area contributed by atoms with Gasteiger partial charge < -0.3 is 9.73 Å². The van der Waals surface area contributed by atoms with Gasteiger partial charge >= 0.3 is 0 Å². The van der Waals surface area contributed by atoms with Crippen molar-refractivity contribution in [2.45, 2.75) is 20.3 Å². The van der Waals surface area contributed by atoms with Gasteiger partial charge in [-0.1, -0.05) is 17.7 Å². The summed E-state index contributed by atoms with van der Waals surface area (Å²) in [5.41, 5.74) is 3.11. The van der Waals surface area contributed by atoms with Crippen molar-refractivity contribution in [3.63, 3.8) is 0 Å². The third kappa shape index (κ3) is 2.97. The second-order valence-corrected chi connectivity index (χ2v) is 4.12. The first-order chi connectivity index (χ1) is 8.15. The molecular weight excluding hydrogens is 214 g/mol. The monoisotopic (exact) mass is 229 g/mol. The van der Waals surface area contributed by atoms with Gasteiger partial charge in [-0.15, -0.1) is 0 Å². The van der Waals surface area contributed by atoms with Crippen molar-refractivity contribution in [2.75, 3.05) is 5.32 Å². The van der Waals surface area contributed by atoms with Crippen LogP contribution in [0.25, 0.3) is 0 Å². The maximum Gasteiger partial charge on any atom is 0.232 e. The maximum atomic E-state index is 11.7. The molecule has 0 saturated heterocycles. The quantitative estimate of drug-likeness (QED) is 0.878. The van der Waals surface area contributed by atoms with Crippen LogP contribution < -0.4 is 5.32 Å². The summed E-state index contributed by atoms with van der Waals surface area (Å²) in [6.45, 7) is 4.01.